The highest BCUT2D eigenvalue weighted by molar-refractivity contribution is 9.10. The molecule has 0 aliphatic carbocycles. The molecule has 1 heterocycles. The molecule has 0 saturated heterocycles. The van der Waals surface area contributed by atoms with Crippen molar-refractivity contribution in [2.45, 2.75) is 39.8 Å². The number of nitrogens with zero attached hydrogens (tertiary/aromatic N) is 2. The summed E-state index contributed by atoms with van der Waals surface area (Å²) in [5, 5.41) is 3.39. The number of aryl methyl sites for hydroxylation is 1. The molecule has 0 aliphatic rings. The molecule has 0 saturated carbocycles. The van der Waals surface area contributed by atoms with Gasteiger partial charge in [-0.2, -0.15) is 0 Å². The predicted molar refractivity (Wildman–Crippen MR) is 87.6 cm³/mol. The molecule has 0 unspecified atom stereocenters. The zero-order valence-electron chi connectivity index (χ0n) is 12.8. The second-order valence-corrected chi connectivity index (χ2v) is 6.84. The monoisotopic (exact) mass is 349 g/mol. The zero-order valence-corrected chi connectivity index (χ0v) is 14.4. The summed E-state index contributed by atoms with van der Waals surface area (Å²) in [4.78, 5) is 8.48. The fourth-order valence-electron chi connectivity index (χ4n) is 1.64. The first-order chi connectivity index (χ1) is 9.83. The van der Waals surface area contributed by atoms with Crippen LogP contribution in [0.4, 0.5) is 0 Å². The normalized spacial score (nSPS) is 11.5. The van der Waals surface area contributed by atoms with Crippen molar-refractivity contribution in [2.75, 3.05) is 0 Å². The predicted octanol–water partition coefficient (Wildman–Crippen LogP) is 4.23. The number of hydrogen-bond acceptors (Lipinski definition) is 4. The Bertz CT molecular complexity index is 606. The molecule has 2 rings (SSSR count). The Hall–Kier alpha value is -1.46. The van der Waals surface area contributed by atoms with Crippen LogP contribution < -0.4 is 10.1 Å². The van der Waals surface area contributed by atoms with Crippen LogP contribution in [0.15, 0.2) is 35.1 Å². The minimum Gasteiger partial charge on any atom is -0.424 e. The summed E-state index contributed by atoms with van der Waals surface area (Å²) in [6.45, 7) is 9.13. The smallest absolute Gasteiger partial charge is 0.321 e. The van der Waals surface area contributed by atoms with E-state index in [0.717, 1.165) is 27.9 Å². The number of hydrogen-bond donors (Lipinski definition) is 1. The van der Waals surface area contributed by atoms with Crippen LogP contribution in [0.3, 0.4) is 0 Å². The fraction of sp³-hybridized carbons (Fsp3) is 0.375. The Morgan fingerprint density at radius 1 is 1.19 bits per heavy atom. The van der Waals surface area contributed by atoms with Gasteiger partial charge in [0.2, 0.25) is 0 Å². The Morgan fingerprint density at radius 2 is 1.86 bits per heavy atom. The Morgan fingerprint density at radius 3 is 2.43 bits per heavy atom. The zero-order chi connectivity index (χ0) is 15.5. The third kappa shape index (κ3) is 5.10. The van der Waals surface area contributed by atoms with E-state index in [1.165, 1.54) is 0 Å². The van der Waals surface area contributed by atoms with Gasteiger partial charge in [-0.15, -0.1) is 0 Å². The van der Waals surface area contributed by atoms with Crippen molar-refractivity contribution in [3.63, 3.8) is 0 Å². The number of halogens is 1. The van der Waals surface area contributed by atoms with Gasteiger partial charge < -0.3 is 10.1 Å². The number of aromatic nitrogens is 2. The molecule has 0 aliphatic heterocycles. The molecular formula is C16H20BrN3O. The lowest BCUT2D eigenvalue weighted by Crippen LogP contribution is -2.35. The van der Waals surface area contributed by atoms with E-state index in [2.05, 4.69) is 52.0 Å². The van der Waals surface area contributed by atoms with Gasteiger partial charge in [0, 0.05) is 34.5 Å². The van der Waals surface area contributed by atoms with Gasteiger partial charge >= 0.3 is 6.01 Å². The van der Waals surface area contributed by atoms with Crippen LogP contribution in [-0.2, 0) is 6.54 Å². The molecule has 112 valence electrons. The van der Waals surface area contributed by atoms with E-state index < -0.39 is 0 Å². The SMILES string of the molecule is Cc1cc(Oc2ncc(CNC(C)(C)C)cn2)ccc1Br. The first kappa shape index (κ1) is 15.9. The molecule has 0 atom stereocenters. The van der Waals surface area contributed by atoms with Crippen molar-refractivity contribution >= 4 is 15.9 Å². The van der Waals surface area contributed by atoms with Crippen LogP contribution in [0.1, 0.15) is 31.9 Å². The van der Waals surface area contributed by atoms with Gasteiger partial charge in [-0.1, -0.05) is 15.9 Å². The maximum atomic E-state index is 5.65. The van der Waals surface area contributed by atoms with E-state index in [0.29, 0.717) is 6.01 Å². The van der Waals surface area contributed by atoms with Crippen molar-refractivity contribution in [3.05, 3.63) is 46.2 Å². The maximum absolute atomic E-state index is 5.65. The summed E-state index contributed by atoms with van der Waals surface area (Å²) in [6, 6.07) is 6.14. The van der Waals surface area contributed by atoms with Crippen molar-refractivity contribution in [1.82, 2.24) is 15.3 Å². The third-order valence-corrected chi connectivity index (χ3v) is 3.73. The summed E-state index contributed by atoms with van der Waals surface area (Å²) in [5.41, 5.74) is 2.21. The van der Waals surface area contributed by atoms with Gasteiger partial charge in [0.25, 0.3) is 0 Å². The maximum Gasteiger partial charge on any atom is 0.321 e. The van der Waals surface area contributed by atoms with E-state index in [-0.39, 0.29) is 5.54 Å². The van der Waals surface area contributed by atoms with Crippen LogP contribution >= 0.6 is 15.9 Å². The van der Waals surface area contributed by atoms with Crippen molar-refractivity contribution in [2.24, 2.45) is 0 Å². The van der Waals surface area contributed by atoms with Gasteiger partial charge in [-0.3, -0.25) is 0 Å². The second kappa shape index (κ2) is 6.54. The summed E-state index contributed by atoms with van der Waals surface area (Å²) < 4.78 is 6.71. The highest BCUT2D eigenvalue weighted by Gasteiger charge is 2.09. The van der Waals surface area contributed by atoms with Gasteiger partial charge in [0.15, 0.2) is 0 Å². The summed E-state index contributed by atoms with van der Waals surface area (Å²) in [6.07, 6.45) is 3.57. The van der Waals surface area contributed by atoms with Crippen LogP contribution in [0.25, 0.3) is 0 Å². The molecule has 21 heavy (non-hydrogen) atoms. The highest BCUT2D eigenvalue weighted by Crippen LogP contribution is 2.24. The molecule has 2 aromatic rings. The lowest BCUT2D eigenvalue weighted by molar-refractivity contribution is 0.419. The molecule has 4 nitrogen and oxygen atoms in total. The second-order valence-electron chi connectivity index (χ2n) is 5.99. The molecule has 0 radical (unpaired) electrons. The van der Waals surface area contributed by atoms with Crippen molar-refractivity contribution in [3.8, 4) is 11.8 Å². The van der Waals surface area contributed by atoms with Crippen LogP contribution in [0.2, 0.25) is 0 Å². The first-order valence-electron chi connectivity index (χ1n) is 6.83. The Kier molecular flexibility index (Phi) is 4.96. The van der Waals surface area contributed by atoms with E-state index in [9.17, 15) is 0 Å². The largest absolute Gasteiger partial charge is 0.424 e. The van der Waals surface area contributed by atoms with Crippen molar-refractivity contribution < 1.29 is 4.74 Å². The van der Waals surface area contributed by atoms with Crippen molar-refractivity contribution in [1.29, 1.82) is 0 Å². The molecule has 1 aromatic heterocycles. The average Bonchev–Trinajstić information content (AvgIpc) is 2.41. The summed E-state index contributed by atoms with van der Waals surface area (Å²) in [5.74, 6) is 0.733. The van der Waals surface area contributed by atoms with E-state index >= 15 is 0 Å². The van der Waals surface area contributed by atoms with E-state index in [4.69, 9.17) is 4.74 Å². The quantitative estimate of drug-likeness (QED) is 0.897. The number of rotatable bonds is 4. The van der Waals surface area contributed by atoms with Gasteiger partial charge in [0.05, 0.1) is 0 Å². The van der Waals surface area contributed by atoms with Gasteiger partial charge in [-0.25, -0.2) is 9.97 Å². The number of nitrogens with one attached hydrogen (secondary N) is 1. The molecule has 0 amide bonds. The summed E-state index contributed by atoms with van der Waals surface area (Å²) >= 11 is 3.46. The topological polar surface area (TPSA) is 47.0 Å². The first-order valence-corrected chi connectivity index (χ1v) is 7.63. The number of ether oxygens (including phenoxy) is 1. The van der Waals surface area contributed by atoms with Crippen LogP contribution in [0.5, 0.6) is 11.8 Å². The highest BCUT2D eigenvalue weighted by atomic mass is 79.9. The van der Waals surface area contributed by atoms with E-state index in [1.54, 1.807) is 12.4 Å². The van der Waals surface area contributed by atoms with E-state index in [1.807, 2.05) is 25.1 Å². The molecule has 1 aromatic carbocycles. The lowest BCUT2D eigenvalue weighted by atomic mass is 10.1. The Balaban J connectivity index is 2.00. The third-order valence-electron chi connectivity index (χ3n) is 2.84. The molecule has 0 fully saturated rings. The molecule has 5 heteroatoms. The van der Waals surface area contributed by atoms with Crippen LogP contribution in [-0.4, -0.2) is 15.5 Å². The minimum atomic E-state index is 0.0735. The minimum absolute atomic E-state index is 0.0735. The van der Waals surface area contributed by atoms with Gasteiger partial charge in [-0.05, 0) is 51.5 Å². The van der Waals surface area contributed by atoms with Gasteiger partial charge in [0.1, 0.15) is 5.75 Å². The summed E-state index contributed by atoms with van der Waals surface area (Å²) in [7, 11) is 0. The lowest BCUT2D eigenvalue weighted by Gasteiger charge is -2.20. The molecule has 1 N–H and O–H groups in total. The molecule has 0 bridgehead atoms. The average molecular weight is 350 g/mol. The Labute approximate surface area is 134 Å². The standard InChI is InChI=1S/C16H20BrN3O/c1-11-7-13(5-6-14(11)17)21-15-18-8-12(9-19-15)10-20-16(2,3)4/h5-9,20H,10H2,1-4H3. The fourth-order valence-corrected chi connectivity index (χ4v) is 1.89. The molecular weight excluding hydrogens is 330 g/mol. The molecule has 0 spiro atoms. The number of benzene rings is 1. The van der Waals surface area contributed by atoms with Crippen LogP contribution in [0, 0.1) is 6.92 Å².